The number of aromatic nitrogens is 1. The maximum atomic E-state index is 13.3. The second kappa shape index (κ2) is 8.45. The maximum Gasteiger partial charge on any atom is 0.226 e. The first-order chi connectivity index (χ1) is 12.5. The molecule has 4 nitrogen and oxygen atoms in total. The van der Waals surface area contributed by atoms with E-state index in [0.717, 1.165) is 25.0 Å². The molecule has 1 unspecified atom stereocenters. The third kappa shape index (κ3) is 5.15. The summed E-state index contributed by atoms with van der Waals surface area (Å²) in [7, 11) is 0. The first kappa shape index (κ1) is 18.6. The molecule has 3 rings (SSSR count). The van der Waals surface area contributed by atoms with E-state index in [1.165, 1.54) is 5.56 Å². The standard InChI is InChI=1S/C22H28N2O2/c1-22(2)16-19(12-15-26-22)21(25)24(17-20-10-6-7-13-23-20)14-11-18-8-4-3-5-9-18/h3-10,13,19H,11-12,14-17H2,1-2H3. The zero-order valence-corrected chi connectivity index (χ0v) is 15.7. The summed E-state index contributed by atoms with van der Waals surface area (Å²) in [6.45, 7) is 6.06. The smallest absolute Gasteiger partial charge is 0.226 e. The molecular weight excluding hydrogens is 324 g/mol. The molecule has 2 heterocycles. The molecule has 138 valence electrons. The van der Waals surface area contributed by atoms with Gasteiger partial charge in [-0.1, -0.05) is 36.4 Å². The molecule has 0 bridgehead atoms. The summed E-state index contributed by atoms with van der Waals surface area (Å²) in [6.07, 6.45) is 4.21. The molecule has 0 spiro atoms. The second-order valence-electron chi connectivity index (χ2n) is 7.61. The number of nitrogens with zero attached hydrogens (tertiary/aromatic N) is 2. The average molecular weight is 352 g/mol. The molecular formula is C22H28N2O2. The lowest BCUT2D eigenvalue weighted by Gasteiger charge is -2.37. The number of ether oxygens (including phenoxy) is 1. The number of benzene rings is 1. The summed E-state index contributed by atoms with van der Waals surface area (Å²) in [5.74, 6) is 0.251. The monoisotopic (exact) mass is 352 g/mol. The van der Waals surface area contributed by atoms with Crippen LogP contribution in [0, 0.1) is 5.92 Å². The summed E-state index contributed by atoms with van der Waals surface area (Å²) in [4.78, 5) is 19.6. The fourth-order valence-electron chi connectivity index (χ4n) is 3.56. The van der Waals surface area contributed by atoms with Crippen LogP contribution in [0.4, 0.5) is 0 Å². The van der Waals surface area contributed by atoms with Gasteiger partial charge >= 0.3 is 0 Å². The van der Waals surface area contributed by atoms with E-state index in [1.54, 1.807) is 6.20 Å². The van der Waals surface area contributed by atoms with E-state index in [0.29, 0.717) is 19.7 Å². The van der Waals surface area contributed by atoms with Gasteiger partial charge in [-0.15, -0.1) is 0 Å². The molecule has 1 aromatic heterocycles. The van der Waals surface area contributed by atoms with Gasteiger partial charge in [0.15, 0.2) is 0 Å². The van der Waals surface area contributed by atoms with Gasteiger partial charge in [0.25, 0.3) is 0 Å². The number of hydrogen-bond acceptors (Lipinski definition) is 3. The Kier molecular flexibility index (Phi) is 6.04. The number of carbonyl (C=O) groups is 1. The van der Waals surface area contributed by atoms with Gasteiger partial charge in [0.1, 0.15) is 0 Å². The highest BCUT2D eigenvalue weighted by molar-refractivity contribution is 5.79. The Morgan fingerprint density at radius 3 is 2.65 bits per heavy atom. The third-order valence-corrected chi connectivity index (χ3v) is 4.95. The van der Waals surface area contributed by atoms with Crippen LogP contribution >= 0.6 is 0 Å². The van der Waals surface area contributed by atoms with Crippen molar-refractivity contribution in [1.29, 1.82) is 0 Å². The first-order valence-corrected chi connectivity index (χ1v) is 9.40. The van der Waals surface area contributed by atoms with Crippen LogP contribution in [0.5, 0.6) is 0 Å². The number of carbonyl (C=O) groups excluding carboxylic acids is 1. The molecule has 1 saturated heterocycles. The van der Waals surface area contributed by atoms with Gasteiger partial charge in [-0.05, 0) is 50.8 Å². The summed E-state index contributed by atoms with van der Waals surface area (Å²) in [6, 6.07) is 16.2. The molecule has 1 aliphatic heterocycles. The molecule has 4 heteroatoms. The van der Waals surface area contributed by atoms with Gasteiger partial charge in [0, 0.05) is 25.3 Å². The van der Waals surface area contributed by atoms with Crippen molar-refractivity contribution in [3.63, 3.8) is 0 Å². The Morgan fingerprint density at radius 1 is 1.19 bits per heavy atom. The largest absolute Gasteiger partial charge is 0.376 e. The second-order valence-corrected chi connectivity index (χ2v) is 7.61. The quantitative estimate of drug-likeness (QED) is 0.793. The fraction of sp³-hybridized carbons (Fsp3) is 0.455. The number of pyridine rings is 1. The molecule has 1 aromatic carbocycles. The minimum Gasteiger partial charge on any atom is -0.376 e. The molecule has 0 saturated carbocycles. The van der Waals surface area contributed by atoms with Gasteiger partial charge < -0.3 is 9.64 Å². The van der Waals surface area contributed by atoms with Crippen LogP contribution < -0.4 is 0 Å². The van der Waals surface area contributed by atoms with Crippen molar-refractivity contribution in [3.8, 4) is 0 Å². The van der Waals surface area contributed by atoms with Gasteiger partial charge in [-0.2, -0.15) is 0 Å². The molecule has 1 aliphatic rings. The van der Waals surface area contributed by atoms with Crippen LogP contribution in [0.2, 0.25) is 0 Å². The van der Waals surface area contributed by atoms with Gasteiger partial charge in [0.2, 0.25) is 5.91 Å². The zero-order chi connectivity index (χ0) is 18.4. The molecule has 0 aliphatic carbocycles. The molecule has 26 heavy (non-hydrogen) atoms. The molecule has 0 N–H and O–H groups in total. The van der Waals surface area contributed by atoms with Crippen LogP contribution in [-0.4, -0.2) is 34.5 Å². The Bertz CT molecular complexity index is 701. The summed E-state index contributed by atoms with van der Waals surface area (Å²) in [5, 5.41) is 0. The van der Waals surface area contributed by atoms with Crippen LogP contribution in [0.25, 0.3) is 0 Å². The number of rotatable bonds is 6. The van der Waals surface area contributed by atoms with Crippen LogP contribution in [-0.2, 0) is 22.5 Å². The van der Waals surface area contributed by atoms with E-state index < -0.39 is 0 Å². The molecule has 2 aromatic rings. The van der Waals surface area contributed by atoms with Crippen molar-refractivity contribution in [3.05, 3.63) is 66.0 Å². The van der Waals surface area contributed by atoms with E-state index in [4.69, 9.17) is 4.74 Å². The molecule has 1 atom stereocenters. The normalized spacial score (nSPS) is 19.1. The lowest BCUT2D eigenvalue weighted by atomic mass is 9.87. The van der Waals surface area contributed by atoms with E-state index >= 15 is 0 Å². The average Bonchev–Trinajstić information content (AvgIpc) is 2.65. The highest BCUT2D eigenvalue weighted by atomic mass is 16.5. The van der Waals surface area contributed by atoms with E-state index in [9.17, 15) is 4.79 Å². The van der Waals surface area contributed by atoms with Crippen molar-refractivity contribution in [1.82, 2.24) is 9.88 Å². The summed E-state index contributed by atoms with van der Waals surface area (Å²) in [5.41, 5.74) is 1.95. The lowest BCUT2D eigenvalue weighted by Crippen LogP contribution is -2.44. The first-order valence-electron chi connectivity index (χ1n) is 9.40. The van der Waals surface area contributed by atoms with Crippen molar-refractivity contribution in [2.75, 3.05) is 13.2 Å². The summed E-state index contributed by atoms with van der Waals surface area (Å²) >= 11 is 0. The van der Waals surface area contributed by atoms with Gasteiger partial charge in [-0.3, -0.25) is 9.78 Å². The SMILES string of the molecule is CC1(C)CC(C(=O)N(CCc2ccccc2)Cc2ccccn2)CCO1. The Balaban J connectivity index is 1.72. The predicted molar refractivity (Wildman–Crippen MR) is 103 cm³/mol. The Hall–Kier alpha value is -2.20. The van der Waals surface area contributed by atoms with Crippen LogP contribution in [0.15, 0.2) is 54.7 Å². The molecule has 1 fully saturated rings. The minimum atomic E-state index is -0.228. The van der Waals surface area contributed by atoms with E-state index in [-0.39, 0.29) is 17.4 Å². The highest BCUT2D eigenvalue weighted by Crippen LogP contribution is 2.30. The minimum absolute atomic E-state index is 0.0261. The van der Waals surface area contributed by atoms with Crippen molar-refractivity contribution >= 4 is 5.91 Å². The Labute approximate surface area is 156 Å². The topological polar surface area (TPSA) is 42.4 Å². The van der Waals surface area contributed by atoms with E-state index in [1.807, 2.05) is 41.3 Å². The third-order valence-electron chi connectivity index (χ3n) is 4.95. The van der Waals surface area contributed by atoms with Crippen molar-refractivity contribution < 1.29 is 9.53 Å². The van der Waals surface area contributed by atoms with Crippen molar-refractivity contribution in [2.45, 2.75) is 45.3 Å². The van der Waals surface area contributed by atoms with Gasteiger partial charge in [0.05, 0.1) is 17.8 Å². The van der Waals surface area contributed by atoms with E-state index in [2.05, 4.69) is 31.0 Å². The zero-order valence-electron chi connectivity index (χ0n) is 15.7. The van der Waals surface area contributed by atoms with Gasteiger partial charge in [-0.25, -0.2) is 0 Å². The predicted octanol–water partition coefficient (Wildman–Crippen LogP) is 3.86. The van der Waals surface area contributed by atoms with Crippen LogP contribution in [0.3, 0.4) is 0 Å². The number of amides is 1. The van der Waals surface area contributed by atoms with Crippen molar-refractivity contribution in [2.24, 2.45) is 5.92 Å². The lowest BCUT2D eigenvalue weighted by molar-refractivity contribution is -0.146. The summed E-state index contributed by atoms with van der Waals surface area (Å²) < 4.78 is 5.79. The fourth-order valence-corrected chi connectivity index (χ4v) is 3.56. The number of hydrogen-bond donors (Lipinski definition) is 0. The highest BCUT2D eigenvalue weighted by Gasteiger charge is 2.35. The molecule has 1 amide bonds. The Morgan fingerprint density at radius 2 is 1.96 bits per heavy atom. The maximum absolute atomic E-state index is 13.3. The molecule has 0 radical (unpaired) electrons. The van der Waals surface area contributed by atoms with Crippen LogP contribution in [0.1, 0.15) is 37.9 Å².